The lowest BCUT2D eigenvalue weighted by atomic mass is 10.2. The van der Waals surface area contributed by atoms with Crippen LogP contribution in [0.5, 0.6) is 0 Å². The second-order valence-corrected chi connectivity index (χ2v) is 7.02. The second-order valence-electron chi connectivity index (χ2n) is 5.49. The van der Waals surface area contributed by atoms with Gasteiger partial charge in [0.05, 0.1) is 5.69 Å². The van der Waals surface area contributed by atoms with Gasteiger partial charge in [-0.25, -0.2) is 13.6 Å². The Bertz CT molecular complexity index is 831. The summed E-state index contributed by atoms with van der Waals surface area (Å²) >= 11 is 0. The maximum Gasteiger partial charge on any atom is 0.255 e. The van der Waals surface area contributed by atoms with E-state index in [1.165, 1.54) is 6.07 Å². The molecule has 2 aromatic carbocycles. The number of carbonyl (C=O) groups is 1. The highest BCUT2D eigenvalue weighted by Crippen LogP contribution is 2.29. The first-order chi connectivity index (χ1) is 10.9. The Hall–Kier alpha value is -2.38. The molecule has 2 aromatic rings. The van der Waals surface area contributed by atoms with Gasteiger partial charge in [-0.3, -0.25) is 4.79 Å². The zero-order valence-electron chi connectivity index (χ0n) is 12.3. The minimum atomic E-state index is -3.92. The van der Waals surface area contributed by atoms with Gasteiger partial charge < -0.3 is 10.6 Å². The van der Waals surface area contributed by atoms with Crippen LogP contribution in [-0.2, 0) is 10.0 Å². The lowest BCUT2D eigenvalue weighted by Crippen LogP contribution is -2.18. The van der Waals surface area contributed by atoms with Crippen molar-refractivity contribution in [1.29, 1.82) is 0 Å². The molecule has 1 amide bonds. The molecular formula is C16H17N3O3S. The summed E-state index contributed by atoms with van der Waals surface area (Å²) in [5.41, 5.74) is 1.31. The van der Waals surface area contributed by atoms with Crippen LogP contribution in [0.1, 0.15) is 23.2 Å². The summed E-state index contributed by atoms with van der Waals surface area (Å²) in [6, 6.07) is 13.7. The van der Waals surface area contributed by atoms with Crippen molar-refractivity contribution in [3.63, 3.8) is 0 Å². The molecular weight excluding hydrogens is 314 g/mol. The fourth-order valence-electron chi connectivity index (χ4n) is 2.19. The normalized spacial score (nSPS) is 14.3. The highest BCUT2D eigenvalue weighted by Gasteiger charge is 2.25. The smallest absolute Gasteiger partial charge is 0.255 e. The summed E-state index contributed by atoms with van der Waals surface area (Å²) < 4.78 is 23.6. The Labute approximate surface area is 134 Å². The van der Waals surface area contributed by atoms with E-state index in [-0.39, 0.29) is 22.4 Å². The lowest BCUT2D eigenvalue weighted by Gasteiger charge is -2.12. The average molecular weight is 331 g/mol. The van der Waals surface area contributed by atoms with Crippen LogP contribution in [0.4, 0.5) is 11.4 Å². The van der Waals surface area contributed by atoms with E-state index in [0.717, 1.165) is 12.8 Å². The van der Waals surface area contributed by atoms with Crippen molar-refractivity contribution in [3.8, 4) is 0 Å². The van der Waals surface area contributed by atoms with Crippen LogP contribution in [0.3, 0.4) is 0 Å². The summed E-state index contributed by atoms with van der Waals surface area (Å²) in [6.07, 6.45) is 2.00. The molecule has 0 bridgehead atoms. The largest absolute Gasteiger partial charge is 0.381 e. The number of rotatable bonds is 5. The first-order valence-corrected chi connectivity index (χ1v) is 8.78. The molecule has 0 atom stereocenters. The van der Waals surface area contributed by atoms with Gasteiger partial charge in [0, 0.05) is 17.3 Å². The third kappa shape index (κ3) is 3.88. The molecule has 23 heavy (non-hydrogen) atoms. The molecule has 0 aromatic heterocycles. The molecule has 0 spiro atoms. The molecule has 7 heteroatoms. The molecule has 0 heterocycles. The highest BCUT2D eigenvalue weighted by atomic mass is 32.2. The van der Waals surface area contributed by atoms with E-state index < -0.39 is 10.0 Å². The fourth-order valence-corrected chi connectivity index (χ4v) is 2.92. The number of primary sulfonamides is 1. The molecule has 0 unspecified atom stereocenters. The Balaban J connectivity index is 1.89. The van der Waals surface area contributed by atoms with Gasteiger partial charge in [0.25, 0.3) is 5.91 Å². The number of sulfonamides is 1. The van der Waals surface area contributed by atoms with Crippen LogP contribution >= 0.6 is 0 Å². The van der Waals surface area contributed by atoms with Gasteiger partial charge in [-0.05, 0) is 43.2 Å². The van der Waals surface area contributed by atoms with Crippen molar-refractivity contribution in [2.45, 2.75) is 23.8 Å². The summed E-state index contributed by atoms with van der Waals surface area (Å²) in [4.78, 5) is 12.2. The third-order valence-electron chi connectivity index (χ3n) is 3.52. The van der Waals surface area contributed by atoms with Crippen LogP contribution in [0.25, 0.3) is 0 Å². The number of amides is 1. The Morgan fingerprint density at radius 1 is 1.09 bits per heavy atom. The van der Waals surface area contributed by atoms with Gasteiger partial charge in [-0.1, -0.05) is 18.2 Å². The Morgan fingerprint density at radius 2 is 1.78 bits per heavy atom. The van der Waals surface area contributed by atoms with E-state index in [2.05, 4.69) is 10.6 Å². The van der Waals surface area contributed by atoms with E-state index in [0.29, 0.717) is 11.4 Å². The van der Waals surface area contributed by atoms with E-state index >= 15 is 0 Å². The first kappa shape index (κ1) is 15.5. The second kappa shape index (κ2) is 6.02. The maximum absolute atomic E-state index is 12.3. The predicted octanol–water partition coefficient (Wildman–Crippen LogP) is 2.16. The minimum absolute atomic E-state index is 0.0647. The molecule has 1 aliphatic carbocycles. The van der Waals surface area contributed by atoms with Crippen LogP contribution in [0.2, 0.25) is 0 Å². The number of para-hydroxylation sites is 1. The molecule has 4 N–H and O–H groups in total. The van der Waals surface area contributed by atoms with Gasteiger partial charge in [0.15, 0.2) is 0 Å². The van der Waals surface area contributed by atoms with Crippen LogP contribution in [0, 0.1) is 0 Å². The van der Waals surface area contributed by atoms with E-state index in [1.54, 1.807) is 36.4 Å². The minimum Gasteiger partial charge on any atom is -0.381 e. The van der Waals surface area contributed by atoms with Crippen molar-refractivity contribution in [1.82, 2.24) is 0 Å². The van der Waals surface area contributed by atoms with Crippen molar-refractivity contribution >= 4 is 27.3 Å². The van der Waals surface area contributed by atoms with Crippen LogP contribution in [-0.4, -0.2) is 20.4 Å². The standard InChI is InChI=1S/C16H17N3O3S/c17-23(21,22)15-10-11(6-9-14(15)18-13-7-8-13)16(20)19-12-4-2-1-3-5-12/h1-6,9-10,13,18H,7-8H2,(H,19,20)(H2,17,21,22). The molecule has 3 rings (SSSR count). The summed E-state index contributed by atoms with van der Waals surface area (Å²) in [7, 11) is -3.92. The topological polar surface area (TPSA) is 101 Å². The Kier molecular flexibility index (Phi) is 4.06. The van der Waals surface area contributed by atoms with Gasteiger partial charge >= 0.3 is 0 Å². The molecule has 1 saturated carbocycles. The molecule has 6 nitrogen and oxygen atoms in total. The molecule has 1 aliphatic rings. The summed E-state index contributed by atoms with van der Waals surface area (Å²) in [5, 5.41) is 11.1. The Morgan fingerprint density at radius 3 is 2.39 bits per heavy atom. The summed E-state index contributed by atoms with van der Waals surface area (Å²) in [6.45, 7) is 0. The quantitative estimate of drug-likeness (QED) is 0.781. The van der Waals surface area contributed by atoms with Crippen molar-refractivity contribution in [2.24, 2.45) is 5.14 Å². The third-order valence-corrected chi connectivity index (χ3v) is 4.47. The van der Waals surface area contributed by atoms with Gasteiger partial charge in [0.1, 0.15) is 4.90 Å². The van der Waals surface area contributed by atoms with E-state index in [9.17, 15) is 13.2 Å². The lowest BCUT2D eigenvalue weighted by molar-refractivity contribution is 0.102. The molecule has 0 aliphatic heterocycles. The molecule has 0 radical (unpaired) electrons. The average Bonchev–Trinajstić information content (AvgIpc) is 3.31. The van der Waals surface area contributed by atoms with Crippen molar-refractivity contribution in [2.75, 3.05) is 10.6 Å². The van der Waals surface area contributed by atoms with Crippen molar-refractivity contribution in [3.05, 3.63) is 54.1 Å². The predicted molar refractivity (Wildman–Crippen MR) is 88.9 cm³/mol. The van der Waals surface area contributed by atoms with Gasteiger partial charge in [-0.2, -0.15) is 0 Å². The zero-order chi connectivity index (χ0) is 16.4. The number of nitrogens with one attached hydrogen (secondary N) is 2. The van der Waals surface area contributed by atoms with E-state index in [1.807, 2.05) is 6.07 Å². The van der Waals surface area contributed by atoms with Crippen LogP contribution in [0.15, 0.2) is 53.4 Å². The molecule has 120 valence electrons. The van der Waals surface area contributed by atoms with Crippen molar-refractivity contribution < 1.29 is 13.2 Å². The van der Waals surface area contributed by atoms with Crippen LogP contribution < -0.4 is 15.8 Å². The number of hydrogen-bond acceptors (Lipinski definition) is 4. The number of nitrogens with two attached hydrogens (primary N) is 1. The number of anilines is 2. The first-order valence-electron chi connectivity index (χ1n) is 7.23. The summed E-state index contributed by atoms with van der Waals surface area (Å²) in [5.74, 6) is -0.390. The fraction of sp³-hybridized carbons (Fsp3) is 0.188. The monoisotopic (exact) mass is 331 g/mol. The van der Waals surface area contributed by atoms with E-state index in [4.69, 9.17) is 5.14 Å². The highest BCUT2D eigenvalue weighted by molar-refractivity contribution is 7.89. The SMILES string of the molecule is NS(=O)(=O)c1cc(C(=O)Nc2ccccc2)ccc1NC1CC1. The zero-order valence-corrected chi connectivity index (χ0v) is 13.1. The van der Waals surface area contributed by atoms with Gasteiger partial charge in [-0.15, -0.1) is 0 Å². The number of carbonyl (C=O) groups excluding carboxylic acids is 1. The maximum atomic E-state index is 12.3. The number of benzene rings is 2. The number of hydrogen-bond donors (Lipinski definition) is 3. The van der Waals surface area contributed by atoms with Gasteiger partial charge in [0.2, 0.25) is 10.0 Å². The molecule has 0 saturated heterocycles. The molecule has 1 fully saturated rings.